The number of nitrogens with zero attached hydrogens (tertiary/aromatic N) is 1. The predicted molar refractivity (Wildman–Crippen MR) is 41.1 cm³/mol. The molecular weight excluding hydrogens is 140 g/mol. The predicted octanol–water partition coefficient (Wildman–Crippen LogP) is 1.65. The molecule has 2 rings (SSSR count). The summed E-state index contributed by atoms with van der Waals surface area (Å²) in [7, 11) is 0. The molecule has 0 radical (unpaired) electrons. The molecule has 1 saturated heterocycles. The fraction of sp³-hybridized carbons (Fsp3) is 0.625. The molecule has 11 heavy (non-hydrogen) atoms. The van der Waals surface area contributed by atoms with Crippen LogP contribution in [0.25, 0.3) is 0 Å². The molecule has 2 heterocycles. The lowest BCUT2D eigenvalue weighted by Gasteiger charge is -2.20. The Morgan fingerprint density at radius 3 is 3.18 bits per heavy atom. The van der Waals surface area contributed by atoms with Crippen molar-refractivity contribution in [3.05, 3.63) is 18.0 Å². The molecule has 3 heteroatoms. The zero-order valence-electron chi connectivity index (χ0n) is 6.42. The van der Waals surface area contributed by atoms with E-state index in [9.17, 15) is 0 Å². The van der Waals surface area contributed by atoms with Gasteiger partial charge in [-0.1, -0.05) is 0 Å². The van der Waals surface area contributed by atoms with Crippen LogP contribution >= 0.6 is 0 Å². The molecule has 1 atom stereocenters. The molecule has 0 amide bonds. The molecule has 60 valence electrons. The number of hydrogen-bond acceptors (Lipinski definition) is 2. The second-order valence-electron chi connectivity index (χ2n) is 2.89. The van der Waals surface area contributed by atoms with Gasteiger partial charge >= 0.3 is 0 Å². The van der Waals surface area contributed by atoms with Crippen molar-refractivity contribution in [2.45, 2.75) is 25.4 Å². The number of H-pyrrole nitrogens is 1. The highest BCUT2D eigenvalue weighted by Gasteiger charge is 2.15. The number of hydrogen-bond donors (Lipinski definition) is 1. The van der Waals surface area contributed by atoms with E-state index in [4.69, 9.17) is 4.74 Å². The highest BCUT2D eigenvalue weighted by atomic mass is 16.5. The van der Waals surface area contributed by atoms with Crippen molar-refractivity contribution in [2.24, 2.45) is 0 Å². The molecule has 0 spiro atoms. The zero-order valence-corrected chi connectivity index (χ0v) is 6.42. The summed E-state index contributed by atoms with van der Waals surface area (Å²) in [5.41, 5.74) is 1.18. The molecule has 3 nitrogen and oxygen atoms in total. The van der Waals surface area contributed by atoms with Crippen LogP contribution < -0.4 is 0 Å². The van der Waals surface area contributed by atoms with Crippen LogP contribution in [-0.2, 0) is 4.74 Å². The van der Waals surface area contributed by atoms with Gasteiger partial charge in [0.15, 0.2) is 0 Å². The van der Waals surface area contributed by atoms with Crippen LogP contribution in [-0.4, -0.2) is 16.8 Å². The van der Waals surface area contributed by atoms with Gasteiger partial charge < -0.3 is 4.74 Å². The SMILES string of the molecule is c1n[nH]cc1C1CCCCO1. The van der Waals surface area contributed by atoms with Gasteiger partial charge in [-0.3, -0.25) is 5.10 Å². The van der Waals surface area contributed by atoms with Crippen LogP contribution in [0.2, 0.25) is 0 Å². The molecule has 1 unspecified atom stereocenters. The minimum absolute atomic E-state index is 0.294. The Morgan fingerprint density at radius 1 is 1.55 bits per heavy atom. The third kappa shape index (κ3) is 1.43. The molecule has 0 aromatic carbocycles. The zero-order chi connectivity index (χ0) is 7.52. The lowest BCUT2D eigenvalue weighted by Crippen LogP contribution is -2.10. The first-order valence-electron chi connectivity index (χ1n) is 4.07. The van der Waals surface area contributed by atoms with Crippen LogP contribution in [0.3, 0.4) is 0 Å². The van der Waals surface area contributed by atoms with Crippen molar-refractivity contribution in [3.8, 4) is 0 Å². The molecule has 0 aliphatic carbocycles. The van der Waals surface area contributed by atoms with Crippen molar-refractivity contribution >= 4 is 0 Å². The summed E-state index contributed by atoms with van der Waals surface area (Å²) >= 11 is 0. The Kier molecular flexibility index (Phi) is 1.90. The summed E-state index contributed by atoms with van der Waals surface area (Å²) in [6.07, 6.45) is 7.66. The third-order valence-electron chi connectivity index (χ3n) is 2.07. The summed E-state index contributed by atoms with van der Waals surface area (Å²) in [5, 5.41) is 6.69. The third-order valence-corrected chi connectivity index (χ3v) is 2.07. The van der Waals surface area contributed by atoms with E-state index in [0.29, 0.717) is 6.10 Å². The van der Waals surface area contributed by atoms with Crippen molar-refractivity contribution in [2.75, 3.05) is 6.61 Å². The number of nitrogens with one attached hydrogen (secondary N) is 1. The van der Waals surface area contributed by atoms with Gasteiger partial charge in [-0.25, -0.2) is 0 Å². The molecule has 0 bridgehead atoms. The van der Waals surface area contributed by atoms with Crippen molar-refractivity contribution in [1.29, 1.82) is 0 Å². The molecular formula is C8H12N2O. The highest BCUT2D eigenvalue weighted by Crippen LogP contribution is 2.26. The minimum atomic E-state index is 0.294. The highest BCUT2D eigenvalue weighted by molar-refractivity contribution is 5.07. The summed E-state index contributed by atoms with van der Waals surface area (Å²) in [6, 6.07) is 0. The quantitative estimate of drug-likeness (QED) is 0.664. The van der Waals surface area contributed by atoms with E-state index in [2.05, 4.69) is 10.2 Å². The fourth-order valence-corrected chi connectivity index (χ4v) is 1.44. The number of aromatic amines is 1. The van der Waals surface area contributed by atoms with E-state index < -0.39 is 0 Å². The molecule has 1 fully saturated rings. The Morgan fingerprint density at radius 2 is 2.55 bits per heavy atom. The molecule has 1 N–H and O–H groups in total. The van der Waals surface area contributed by atoms with Crippen molar-refractivity contribution in [3.63, 3.8) is 0 Å². The molecule has 0 saturated carbocycles. The summed E-state index contributed by atoms with van der Waals surface area (Å²) < 4.78 is 5.56. The number of rotatable bonds is 1. The second-order valence-corrected chi connectivity index (χ2v) is 2.89. The summed E-state index contributed by atoms with van der Waals surface area (Å²) in [6.45, 7) is 0.899. The average Bonchev–Trinajstić information content (AvgIpc) is 2.58. The van der Waals surface area contributed by atoms with Crippen molar-refractivity contribution < 1.29 is 4.74 Å². The van der Waals surface area contributed by atoms with Gasteiger partial charge in [-0.2, -0.15) is 5.10 Å². The summed E-state index contributed by atoms with van der Waals surface area (Å²) in [4.78, 5) is 0. The van der Waals surface area contributed by atoms with Gasteiger partial charge in [-0.05, 0) is 19.3 Å². The maximum absolute atomic E-state index is 5.56. The lowest BCUT2D eigenvalue weighted by atomic mass is 10.1. The van der Waals surface area contributed by atoms with Gasteiger partial charge in [-0.15, -0.1) is 0 Å². The van der Waals surface area contributed by atoms with E-state index in [0.717, 1.165) is 13.0 Å². The Labute approximate surface area is 65.8 Å². The van der Waals surface area contributed by atoms with E-state index in [-0.39, 0.29) is 0 Å². The van der Waals surface area contributed by atoms with E-state index >= 15 is 0 Å². The van der Waals surface area contributed by atoms with Gasteiger partial charge in [0.1, 0.15) is 0 Å². The Balaban J connectivity index is 2.04. The van der Waals surface area contributed by atoms with E-state index in [1.54, 1.807) is 0 Å². The maximum Gasteiger partial charge on any atom is 0.0855 e. The summed E-state index contributed by atoms with van der Waals surface area (Å²) in [5.74, 6) is 0. The van der Waals surface area contributed by atoms with E-state index in [1.807, 2.05) is 12.4 Å². The van der Waals surface area contributed by atoms with Crippen molar-refractivity contribution in [1.82, 2.24) is 10.2 Å². The Bertz CT molecular complexity index is 202. The normalized spacial score (nSPS) is 25.3. The van der Waals surface area contributed by atoms with Gasteiger partial charge in [0.2, 0.25) is 0 Å². The topological polar surface area (TPSA) is 37.9 Å². The van der Waals surface area contributed by atoms with Gasteiger partial charge in [0.05, 0.1) is 12.3 Å². The smallest absolute Gasteiger partial charge is 0.0855 e. The number of ether oxygens (including phenoxy) is 1. The van der Waals surface area contributed by atoms with E-state index in [1.165, 1.54) is 18.4 Å². The average molecular weight is 152 g/mol. The second kappa shape index (κ2) is 3.05. The number of aromatic nitrogens is 2. The molecule has 1 aromatic heterocycles. The molecule has 1 aromatic rings. The first kappa shape index (κ1) is 6.85. The largest absolute Gasteiger partial charge is 0.373 e. The first-order chi connectivity index (χ1) is 5.47. The van der Waals surface area contributed by atoms with Crippen LogP contribution in [0, 0.1) is 0 Å². The molecule has 1 aliphatic heterocycles. The van der Waals surface area contributed by atoms with Gasteiger partial charge in [0.25, 0.3) is 0 Å². The van der Waals surface area contributed by atoms with Crippen LogP contribution in [0.4, 0.5) is 0 Å². The fourth-order valence-electron chi connectivity index (χ4n) is 1.44. The monoisotopic (exact) mass is 152 g/mol. The maximum atomic E-state index is 5.56. The minimum Gasteiger partial charge on any atom is -0.373 e. The lowest BCUT2D eigenvalue weighted by molar-refractivity contribution is 0.0150. The first-order valence-corrected chi connectivity index (χ1v) is 4.07. The van der Waals surface area contributed by atoms with Crippen LogP contribution in [0.15, 0.2) is 12.4 Å². The molecule has 1 aliphatic rings. The van der Waals surface area contributed by atoms with Gasteiger partial charge in [0, 0.05) is 18.4 Å². The van der Waals surface area contributed by atoms with Crippen LogP contribution in [0.5, 0.6) is 0 Å². The standard InChI is InChI=1S/C8H12N2O/c1-2-4-11-8(3-1)7-5-9-10-6-7/h5-6,8H,1-4H2,(H,9,10). The van der Waals surface area contributed by atoms with Crippen LogP contribution in [0.1, 0.15) is 30.9 Å². The Hall–Kier alpha value is -0.830.